The van der Waals surface area contributed by atoms with Crippen molar-refractivity contribution in [3.63, 3.8) is 0 Å². The van der Waals surface area contributed by atoms with E-state index in [1.807, 2.05) is 18.7 Å². The summed E-state index contributed by atoms with van der Waals surface area (Å²) in [7, 11) is 0. The molecule has 164 valence electrons. The number of benzene rings is 1. The first-order valence-corrected chi connectivity index (χ1v) is 11.0. The summed E-state index contributed by atoms with van der Waals surface area (Å²) in [5, 5.41) is 4.03. The SMILES string of the molecule is CC(C)c1cc(C(=O)N2CCN(c3cc(C(C)(C)C)cc(C(C)(C)C)c3)CC2)on1. The van der Waals surface area contributed by atoms with Crippen molar-refractivity contribution in [2.24, 2.45) is 0 Å². The van der Waals surface area contributed by atoms with E-state index < -0.39 is 0 Å². The standard InChI is InChI=1S/C25H37N3O2/c1-17(2)21-16-22(30-26-21)23(29)28-11-9-27(10-12-28)20-14-18(24(3,4)5)13-19(15-20)25(6,7)8/h13-17H,9-12H2,1-8H3. The van der Waals surface area contributed by atoms with E-state index in [0.29, 0.717) is 18.8 Å². The van der Waals surface area contributed by atoms with Gasteiger partial charge < -0.3 is 14.3 Å². The highest BCUT2D eigenvalue weighted by molar-refractivity contribution is 5.91. The quantitative estimate of drug-likeness (QED) is 0.683. The monoisotopic (exact) mass is 411 g/mol. The Morgan fingerprint density at radius 1 is 0.900 bits per heavy atom. The van der Waals surface area contributed by atoms with Crippen LogP contribution in [0.2, 0.25) is 0 Å². The molecule has 1 aromatic heterocycles. The van der Waals surface area contributed by atoms with Crippen molar-refractivity contribution in [3.05, 3.63) is 46.8 Å². The molecule has 0 aliphatic carbocycles. The van der Waals surface area contributed by atoms with Gasteiger partial charge in [-0.2, -0.15) is 0 Å². The smallest absolute Gasteiger partial charge is 0.292 e. The number of carbonyl (C=O) groups is 1. The first-order chi connectivity index (χ1) is 13.9. The van der Waals surface area contributed by atoms with Crippen LogP contribution in [0.3, 0.4) is 0 Å². The summed E-state index contributed by atoms with van der Waals surface area (Å²) in [6.07, 6.45) is 0. The molecule has 0 spiro atoms. The third-order valence-electron chi connectivity index (χ3n) is 5.91. The zero-order chi connectivity index (χ0) is 22.3. The molecule has 0 atom stereocenters. The van der Waals surface area contributed by atoms with Gasteiger partial charge in [0.25, 0.3) is 5.91 Å². The predicted octanol–water partition coefficient (Wildman–Crippen LogP) is 5.36. The van der Waals surface area contributed by atoms with Crippen LogP contribution < -0.4 is 4.90 Å². The lowest BCUT2D eigenvalue weighted by atomic mass is 9.80. The van der Waals surface area contributed by atoms with Gasteiger partial charge in [0, 0.05) is 37.9 Å². The van der Waals surface area contributed by atoms with E-state index in [0.717, 1.165) is 18.8 Å². The van der Waals surface area contributed by atoms with E-state index in [1.165, 1.54) is 16.8 Å². The Morgan fingerprint density at radius 3 is 1.87 bits per heavy atom. The molecule has 1 aliphatic rings. The van der Waals surface area contributed by atoms with E-state index in [-0.39, 0.29) is 22.7 Å². The number of amides is 1. The number of rotatable bonds is 3. The van der Waals surface area contributed by atoms with Crippen LogP contribution in [-0.4, -0.2) is 42.1 Å². The number of aromatic nitrogens is 1. The van der Waals surface area contributed by atoms with Crippen LogP contribution in [0.15, 0.2) is 28.8 Å². The van der Waals surface area contributed by atoms with Crippen LogP contribution in [0.4, 0.5) is 5.69 Å². The first-order valence-electron chi connectivity index (χ1n) is 11.0. The van der Waals surface area contributed by atoms with E-state index in [4.69, 9.17) is 4.52 Å². The molecular weight excluding hydrogens is 374 g/mol. The summed E-state index contributed by atoms with van der Waals surface area (Å²) in [6.45, 7) is 20.6. The van der Waals surface area contributed by atoms with E-state index in [1.54, 1.807) is 6.07 Å². The summed E-state index contributed by atoms with van der Waals surface area (Å²) in [5.74, 6) is 0.532. The van der Waals surface area contributed by atoms with E-state index >= 15 is 0 Å². The van der Waals surface area contributed by atoms with Crippen molar-refractivity contribution in [2.45, 2.75) is 72.1 Å². The van der Waals surface area contributed by atoms with Crippen LogP contribution >= 0.6 is 0 Å². The lowest BCUT2D eigenvalue weighted by Gasteiger charge is -2.37. The van der Waals surface area contributed by atoms with Crippen LogP contribution in [0, 0.1) is 0 Å². The third kappa shape index (κ3) is 4.88. The highest BCUT2D eigenvalue weighted by atomic mass is 16.5. The van der Waals surface area contributed by atoms with Crippen molar-refractivity contribution < 1.29 is 9.32 Å². The molecule has 30 heavy (non-hydrogen) atoms. The largest absolute Gasteiger partial charge is 0.368 e. The fourth-order valence-electron chi connectivity index (χ4n) is 3.65. The second kappa shape index (κ2) is 8.09. The predicted molar refractivity (Wildman–Crippen MR) is 123 cm³/mol. The molecule has 1 aliphatic heterocycles. The second-order valence-corrected chi connectivity index (χ2v) is 10.8. The highest BCUT2D eigenvalue weighted by Crippen LogP contribution is 2.33. The van der Waals surface area contributed by atoms with Gasteiger partial charge in [0.2, 0.25) is 5.76 Å². The van der Waals surface area contributed by atoms with Crippen LogP contribution in [0.5, 0.6) is 0 Å². The summed E-state index contributed by atoms with van der Waals surface area (Å²) in [6, 6.07) is 8.76. The number of anilines is 1. The number of nitrogens with zero attached hydrogens (tertiary/aromatic N) is 3. The Kier molecular flexibility index (Phi) is 6.03. The molecule has 0 N–H and O–H groups in total. The molecule has 1 saturated heterocycles. The minimum absolute atomic E-state index is 0.0622. The zero-order valence-electron chi connectivity index (χ0n) is 19.9. The molecule has 5 nitrogen and oxygen atoms in total. The molecule has 3 rings (SSSR count). The molecular formula is C25H37N3O2. The van der Waals surface area contributed by atoms with Crippen LogP contribution in [-0.2, 0) is 10.8 Å². The van der Waals surface area contributed by atoms with Gasteiger partial charge in [0.05, 0.1) is 5.69 Å². The van der Waals surface area contributed by atoms with Crippen molar-refractivity contribution in [1.29, 1.82) is 0 Å². The zero-order valence-corrected chi connectivity index (χ0v) is 19.9. The van der Waals surface area contributed by atoms with Crippen molar-refractivity contribution in [3.8, 4) is 0 Å². The Hall–Kier alpha value is -2.30. The van der Waals surface area contributed by atoms with Crippen LogP contribution in [0.25, 0.3) is 0 Å². The van der Waals surface area contributed by atoms with Crippen LogP contribution in [0.1, 0.15) is 88.7 Å². The maximum absolute atomic E-state index is 12.8. The molecule has 2 heterocycles. The fourth-order valence-corrected chi connectivity index (χ4v) is 3.65. The lowest BCUT2D eigenvalue weighted by Crippen LogP contribution is -2.48. The minimum Gasteiger partial charge on any atom is -0.368 e. The maximum atomic E-state index is 12.8. The molecule has 0 saturated carbocycles. The molecule has 1 aromatic carbocycles. The summed E-state index contributed by atoms with van der Waals surface area (Å²) >= 11 is 0. The van der Waals surface area contributed by atoms with Crippen molar-refractivity contribution in [2.75, 3.05) is 31.1 Å². The average Bonchev–Trinajstić information content (AvgIpc) is 3.16. The third-order valence-corrected chi connectivity index (χ3v) is 5.91. The Morgan fingerprint density at radius 2 is 1.43 bits per heavy atom. The summed E-state index contributed by atoms with van der Waals surface area (Å²) in [4.78, 5) is 17.1. The van der Waals surface area contributed by atoms with E-state index in [9.17, 15) is 4.79 Å². The first kappa shape index (κ1) is 22.4. The molecule has 0 bridgehead atoms. The lowest BCUT2D eigenvalue weighted by molar-refractivity contribution is 0.0704. The topological polar surface area (TPSA) is 49.6 Å². The molecule has 2 aromatic rings. The molecule has 5 heteroatoms. The molecule has 0 unspecified atom stereocenters. The summed E-state index contributed by atoms with van der Waals surface area (Å²) < 4.78 is 5.30. The van der Waals surface area contributed by atoms with Gasteiger partial charge in [-0.25, -0.2) is 0 Å². The average molecular weight is 412 g/mol. The van der Waals surface area contributed by atoms with Gasteiger partial charge in [-0.3, -0.25) is 4.79 Å². The van der Waals surface area contributed by atoms with Crippen molar-refractivity contribution >= 4 is 11.6 Å². The van der Waals surface area contributed by atoms with Gasteiger partial charge >= 0.3 is 0 Å². The van der Waals surface area contributed by atoms with Gasteiger partial charge in [-0.15, -0.1) is 0 Å². The Balaban J connectivity index is 1.76. The Labute approximate surface area is 181 Å². The van der Waals surface area contributed by atoms with Gasteiger partial charge in [0.15, 0.2) is 0 Å². The number of piperazine rings is 1. The number of carbonyl (C=O) groups excluding carboxylic acids is 1. The van der Waals surface area contributed by atoms with E-state index in [2.05, 4.69) is 69.8 Å². The van der Waals surface area contributed by atoms with Gasteiger partial charge in [0.1, 0.15) is 0 Å². The van der Waals surface area contributed by atoms with Gasteiger partial charge in [-0.05, 0) is 40.0 Å². The summed E-state index contributed by atoms with van der Waals surface area (Å²) in [5.41, 5.74) is 4.96. The highest BCUT2D eigenvalue weighted by Gasteiger charge is 2.27. The Bertz CT molecular complexity index is 860. The molecule has 1 fully saturated rings. The molecule has 0 radical (unpaired) electrons. The van der Waals surface area contributed by atoms with Crippen molar-refractivity contribution in [1.82, 2.24) is 10.1 Å². The number of hydrogen-bond donors (Lipinski definition) is 0. The maximum Gasteiger partial charge on any atom is 0.292 e. The fraction of sp³-hybridized carbons (Fsp3) is 0.600. The molecule has 1 amide bonds. The normalized spacial score (nSPS) is 15.8. The number of hydrogen-bond acceptors (Lipinski definition) is 4. The second-order valence-electron chi connectivity index (χ2n) is 10.8. The minimum atomic E-state index is -0.0622. The van der Waals surface area contributed by atoms with Gasteiger partial charge in [-0.1, -0.05) is 66.6 Å².